The van der Waals surface area contributed by atoms with E-state index in [1.807, 2.05) is 12.1 Å². The number of rotatable bonds is 7. The van der Waals surface area contributed by atoms with Gasteiger partial charge < -0.3 is 20.3 Å². The number of hydrogen-bond donors (Lipinski definition) is 2. The highest BCUT2D eigenvalue weighted by Crippen LogP contribution is 2.30. The molecule has 7 nitrogen and oxygen atoms in total. The summed E-state index contributed by atoms with van der Waals surface area (Å²) in [6.45, 7) is 4.73. The number of halogens is 3. The Morgan fingerprint density at radius 1 is 1.12 bits per heavy atom. The van der Waals surface area contributed by atoms with Crippen molar-refractivity contribution in [1.29, 1.82) is 0 Å². The third-order valence-corrected chi connectivity index (χ3v) is 6.10. The number of piperidine rings is 1. The van der Waals surface area contributed by atoms with Gasteiger partial charge in [-0.1, -0.05) is 18.7 Å². The molecule has 0 unspecified atom stereocenters. The van der Waals surface area contributed by atoms with Crippen molar-refractivity contribution in [3.63, 3.8) is 0 Å². The highest BCUT2D eigenvalue weighted by atomic mass is 19.4. The van der Waals surface area contributed by atoms with E-state index in [1.54, 1.807) is 17.0 Å². The van der Waals surface area contributed by atoms with Crippen LogP contribution < -0.4 is 10.6 Å². The number of carbonyl (C=O) groups excluding carboxylic acids is 3. The summed E-state index contributed by atoms with van der Waals surface area (Å²) in [4.78, 5) is 37.0. The summed E-state index contributed by atoms with van der Waals surface area (Å²) >= 11 is 0. The van der Waals surface area contributed by atoms with Gasteiger partial charge in [0.05, 0.1) is 12.1 Å². The van der Waals surface area contributed by atoms with Gasteiger partial charge in [0, 0.05) is 31.8 Å². The van der Waals surface area contributed by atoms with Crippen LogP contribution in [0.3, 0.4) is 0 Å². The summed E-state index contributed by atoms with van der Waals surface area (Å²) < 4.78 is 43.4. The molecule has 3 rings (SSSR count). The number of nitrogens with one attached hydrogen (secondary N) is 2. The molecule has 1 aromatic carbocycles. The number of anilines is 1. The highest BCUT2D eigenvalue weighted by molar-refractivity contribution is 5.98. The molecule has 2 aliphatic heterocycles. The van der Waals surface area contributed by atoms with E-state index in [-0.39, 0.29) is 17.7 Å². The van der Waals surface area contributed by atoms with Gasteiger partial charge in [0.25, 0.3) is 0 Å². The molecule has 10 heteroatoms. The second kappa shape index (κ2) is 10.8. The Kier molecular flexibility index (Phi) is 8.12. The van der Waals surface area contributed by atoms with Gasteiger partial charge in [-0.05, 0) is 55.4 Å². The number of likely N-dealkylation sites (tertiary alicyclic amines) is 1. The van der Waals surface area contributed by atoms with Gasteiger partial charge in [0.15, 0.2) is 0 Å². The van der Waals surface area contributed by atoms with Gasteiger partial charge in [-0.3, -0.25) is 14.4 Å². The molecule has 0 aliphatic carbocycles. The number of carbonyl (C=O) groups is 3. The van der Waals surface area contributed by atoms with Crippen LogP contribution in [0.1, 0.15) is 31.2 Å². The van der Waals surface area contributed by atoms with Crippen LogP contribution in [-0.4, -0.2) is 60.6 Å². The molecule has 33 heavy (non-hydrogen) atoms. The van der Waals surface area contributed by atoms with Crippen LogP contribution in [-0.2, 0) is 25.5 Å². The summed E-state index contributed by atoms with van der Waals surface area (Å²) in [7, 11) is 0. The summed E-state index contributed by atoms with van der Waals surface area (Å²) in [6.07, 6.45) is -1.70. The number of benzene rings is 1. The smallest absolute Gasteiger partial charge is 0.376 e. The Hall–Kier alpha value is -2.88. The van der Waals surface area contributed by atoms with Crippen molar-refractivity contribution in [3.8, 4) is 0 Å². The molecule has 2 atom stereocenters. The van der Waals surface area contributed by atoms with Crippen molar-refractivity contribution in [2.45, 2.75) is 50.4 Å². The second-order valence-corrected chi connectivity index (χ2v) is 8.31. The van der Waals surface area contributed by atoms with Crippen molar-refractivity contribution < 1.29 is 32.3 Å². The third kappa shape index (κ3) is 6.80. The first kappa shape index (κ1) is 24.8. The zero-order valence-electron chi connectivity index (χ0n) is 18.2. The van der Waals surface area contributed by atoms with Crippen LogP contribution in [0.2, 0.25) is 0 Å². The molecule has 180 valence electrons. The zero-order valence-corrected chi connectivity index (χ0v) is 18.2. The molecule has 1 aromatic rings. The maximum Gasteiger partial charge on any atom is 0.471 e. The lowest BCUT2D eigenvalue weighted by Crippen LogP contribution is -2.50. The Labute approximate surface area is 190 Å². The molecule has 0 aromatic heterocycles. The SMILES string of the molecule is C=CC(=O)Nc1ccc(CCC(=O)N2CCC([C@@H]3OCC[C@H]3NC(=O)C(F)(F)F)CC2)cc1. The largest absolute Gasteiger partial charge is 0.471 e. The molecule has 2 fully saturated rings. The summed E-state index contributed by atoms with van der Waals surface area (Å²) in [5.74, 6) is -2.22. The minimum absolute atomic E-state index is 0.00611. The number of amides is 3. The Morgan fingerprint density at radius 3 is 2.39 bits per heavy atom. The number of ether oxygens (including phenoxy) is 1. The fourth-order valence-corrected chi connectivity index (χ4v) is 4.32. The molecule has 2 saturated heterocycles. The van der Waals surface area contributed by atoms with Gasteiger partial charge in [0.2, 0.25) is 11.8 Å². The van der Waals surface area contributed by atoms with E-state index >= 15 is 0 Å². The van der Waals surface area contributed by atoms with Gasteiger partial charge in [-0.25, -0.2) is 0 Å². The van der Waals surface area contributed by atoms with Gasteiger partial charge in [0.1, 0.15) is 0 Å². The Balaban J connectivity index is 1.43. The van der Waals surface area contributed by atoms with E-state index in [0.29, 0.717) is 57.5 Å². The second-order valence-electron chi connectivity index (χ2n) is 8.31. The minimum Gasteiger partial charge on any atom is -0.376 e. The van der Waals surface area contributed by atoms with E-state index in [1.165, 1.54) is 6.08 Å². The van der Waals surface area contributed by atoms with Gasteiger partial charge in [-0.2, -0.15) is 13.2 Å². The van der Waals surface area contributed by atoms with Crippen LogP contribution in [0, 0.1) is 5.92 Å². The molecular formula is C23H28F3N3O4. The zero-order chi connectivity index (χ0) is 24.0. The summed E-state index contributed by atoms with van der Waals surface area (Å²) in [5.41, 5.74) is 1.62. The average molecular weight is 467 g/mol. The summed E-state index contributed by atoms with van der Waals surface area (Å²) in [6, 6.07) is 6.58. The highest BCUT2D eigenvalue weighted by Gasteiger charge is 2.44. The van der Waals surface area contributed by atoms with Crippen LogP contribution in [0.25, 0.3) is 0 Å². The van der Waals surface area contributed by atoms with E-state index in [0.717, 1.165) is 5.56 Å². The number of aryl methyl sites for hydroxylation is 1. The van der Waals surface area contributed by atoms with E-state index in [2.05, 4.69) is 17.2 Å². The predicted molar refractivity (Wildman–Crippen MR) is 115 cm³/mol. The van der Waals surface area contributed by atoms with Crippen molar-refractivity contribution in [3.05, 3.63) is 42.5 Å². The molecule has 0 radical (unpaired) electrons. The van der Waals surface area contributed by atoms with Gasteiger partial charge in [-0.15, -0.1) is 0 Å². The number of hydrogen-bond acceptors (Lipinski definition) is 4. The number of nitrogens with zero attached hydrogens (tertiary/aromatic N) is 1. The first-order chi connectivity index (χ1) is 15.7. The van der Waals surface area contributed by atoms with Crippen molar-refractivity contribution in [2.75, 3.05) is 25.0 Å². The molecule has 2 N–H and O–H groups in total. The topological polar surface area (TPSA) is 87.7 Å². The quantitative estimate of drug-likeness (QED) is 0.604. The van der Waals surface area contributed by atoms with Crippen LogP contribution in [0.4, 0.5) is 18.9 Å². The number of alkyl halides is 3. The van der Waals surface area contributed by atoms with Crippen LogP contribution >= 0.6 is 0 Å². The Bertz CT molecular complexity index is 865. The first-order valence-corrected chi connectivity index (χ1v) is 11.0. The van der Waals surface area contributed by atoms with Gasteiger partial charge >= 0.3 is 12.1 Å². The lowest BCUT2D eigenvalue weighted by Gasteiger charge is -2.36. The van der Waals surface area contributed by atoms with Crippen LogP contribution in [0.15, 0.2) is 36.9 Å². The predicted octanol–water partition coefficient (Wildman–Crippen LogP) is 2.82. The van der Waals surface area contributed by atoms with Crippen LogP contribution in [0.5, 0.6) is 0 Å². The van der Waals surface area contributed by atoms with Crippen molar-refractivity contribution in [2.24, 2.45) is 5.92 Å². The Morgan fingerprint density at radius 2 is 1.79 bits per heavy atom. The molecule has 3 amide bonds. The maximum atomic E-state index is 12.6. The minimum atomic E-state index is -4.91. The lowest BCUT2D eigenvalue weighted by molar-refractivity contribution is -0.175. The monoisotopic (exact) mass is 467 g/mol. The van der Waals surface area contributed by atoms with Crippen molar-refractivity contribution >= 4 is 23.4 Å². The fourth-order valence-electron chi connectivity index (χ4n) is 4.32. The lowest BCUT2D eigenvalue weighted by atomic mass is 9.87. The standard InChI is InChI=1S/C23H28F3N3O4/c1-2-19(30)27-17-6-3-15(4-7-17)5-8-20(31)29-12-9-16(10-13-29)21-18(11-14-33-21)28-22(32)23(24,25)26/h2-4,6-7,16,18,21H,1,5,8-14H2,(H,27,30)(H,28,32)/t18-,21+/m1/s1. The molecule has 0 saturated carbocycles. The fraction of sp³-hybridized carbons (Fsp3) is 0.522. The molecule has 2 aliphatic rings. The molecule has 0 bridgehead atoms. The van der Waals surface area contributed by atoms with E-state index in [9.17, 15) is 27.6 Å². The van der Waals surface area contributed by atoms with E-state index in [4.69, 9.17) is 4.74 Å². The normalized spacial score (nSPS) is 21.5. The average Bonchev–Trinajstić information content (AvgIpc) is 3.26. The van der Waals surface area contributed by atoms with Crippen molar-refractivity contribution in [1.82, 2.24) is 10.2 Å². The molecular weight excluding hydrogens is 439 g/mol. The maximum absolute atomic E-state index is 12.6. The third-order valence-electron chi connectivity index (χ3n) is 6.10. The summed E-state index contributed by atoms with van der Waals surface area (Å²) in [5, 5.41) is 4.72. The molecule has 2 heterocycles. The first-order valence-electron chi connectivity index (χ1n) is 11.0. The molecule has 0 spiro atoms. The van der Waals surface area contributed by atoms with E-state index < -0.39 is 24.2 Å².